The first-order chi connectivity index (χ1) is 11.9. The number of fused-ring (bicyclic) bond motifs is 1. The highest BCUT2D eigenvalue weighted by Crippen LogP contribution is 2.21. The van der Waals surface area contributed by atoms with E-state index in [0.717, 1.165) is 11.2 Å². The zero-order valence-electron chi connectivity index (χ0n) is 12.8. The van der Waals surface area contributed by atoms with Crippen molar-refractivity contribution in [1.29, 1.82) is 0 Å². The molecular weight excluding hydrogens is 302 g/mol. The second-order valence-electron chi connectivity index (χ2n) is 5.20. The molecule has 0 aliphatic carbocycles. The average molecular weight is 317 g/mol. The number of hydrogen-bond donors (Lipinski definition) is 3. The molecule has 0 unspecified atom stereocenters. The number of nitrogens with zero attached hydrogens (tertiary/aromatic N) is 4. The van der Waals surface area contributed by atoms with E-state index >= 15 is 0 Å². The van der Waals surface area contributed by atoms with Gasteiger partial charge in [-0.2, -0.15) is 9.97 Å². The predicted octanol–water partition coefficient (Wildman–Crippen LogP) is 3.10. The number of benzene rings is 1. The molecule has 0 fully saturated rings. The van der Waals surface area contributed by atoms with E-state index in [1.165, 1.54) is 5.56 Å². The number of rotatable bonds is 5. The lowest BCUT2D eigenvalue weighted by atomic mass is 10.2. The maximum Gasteiger partial charge on any atom is 0.231 e. The molecule has 4 rings (SSSR count). The number of aromatic amines is 1. The molecule has 118 valence electrons. The van der Waals surface area contributed by atoms with Crippen LogP contribution in [-0.4, -0.2) is 24.9 Å². The van der Waals surface area contributed by atoms with Crippen LogP contribution >= 0.6 is 0 Å². The lowest BCUT2D eigenvalue weighted by Gasteiger charge is -2.09. The van der Waals surface area contributed by atoms with Gasteiger partial charge in [-0.25, -0.2) is 4.98 Å². The van der Waals surface area contributed by atoms with Crippen LogP contribution in [0.4, 0.5) is 17.5 Å². The number of nitrogens with one attached hydrogen (secondary N) is 3. The van der Waals surface area contributed by atoms with Crippen LogP contribution in [-0.2, 0) is 6.54 Å². The van der Waals surface area contributed by atoms with Crippen molar-refractivity contribution in [3.05, 3.63) is 66.7 Å². The molecule has 7 heteroatoms. The highest BCUT2D eigenvalue weighted by atomic mass is 15.2. The highest BCUT2D eigenvalue weighted by Gasteiger charge is 2.10. The van der Waals surface area contributed by atoms with Gasteiger partial charge in [0.2, 0.25) is 5.95 Å². The van der Waals surface area contributed by atoms with Gasteiger partial charge >= 0.3 is 0 Å². The Labute approximate surface area is 138 Å². The quantitative estimate of drug-likeness (QED) is 0.524. The second-order valence-corrected chi connectivity index (χ2v) is 5.20. The fourth-order valence-corrected chi connectivity index (χ4v) is 2.36. The van der Waals surface area contributed by atoms with Crippen molar-refractivity contribution in [3.63, 3.8) is 0 Å². The average Bonchev–Trinajstić information content (AvgIpc) is 3.10. The van der Waals surface area contributed by atoms with Gasteiger partial charge in [-0.3, -0.25) is 4.98 Å². The van der Waals surface area contributed by atoms with E-state index in [1.54, 1.807) is 18.7 Å². The third kappa shape index (κ3) is 3.00. The molecule has 0 atom stereocenters. The zero-order valence-corrected chi connectivity index (χ0v) is 12.8. The van der Waals surface area contributed by atoms with E-state index in [0.29, 0.717) is 24.0 Å². The molecule has 0 spiro atoms. The lowest BCUT2D eigenvalue weighted by molar-refractivity contribution is 1.10. The van der Waals surface area contributed by atoms with Crippen molar-refractivity contribution in [1.82, 2.24) is 24.9 Å². The Balaban J connectivity index is 1.62. The summed E-state index contributed by atoms with van der Waals surface area (Å²) in [7, 11) is 0. The minimum atomic E-state index is 0.483. The summed E-state index contributed by atoms with van der Waals surface area (Å²) >= 11 is 0. The van der Waals surface area contributed by atoms with E-state index < -0.39 is 0 Å². The number of H-pyrrole nitrogens is 1. The summed E-state index contributed by atoms with van der Waals surface area (Å²) in [4.78, 5) is 20.3. The number of hydrogen-bond acceptors (Lipinski definition) is 6. The Morgan fingerprint density at radius 2 is 1.79 bits per heavy atom. The maximum absolute atomic E-state index is 4.56. The number of aromatic nitrogens is 5. The normalized spacial score (nSPS) is 10.7. The van der Waals surface area contributed by atoms with Crippen molar-refractivity contribution in [3.8, 4) is 0 Å². The van der Waals surface area contributed by atoms with Crippen LogP contribution in [0.15, 0.2) is 61.2 Å². The maximum atomic E-state index is 4.56. The molecule has 0 amide bonds. The van der Waals surface area contributed by atoms with Gasteiger partial charge in [0, 0.05) is 24.6 Å². The van der Waals surface area contributed by atoms with Gasteiger partial charge in [-0.1, -0.05) is 30.3 Å². The molecule has 0 saturated heterocycles. The van der Waals surface area contributed by atoms with Crippen molar-refractivity contribution in [2.24, 2.45) is 0 Å². The molecule has 3 aromatic heterocycles. The van der Waals surface area contributed by atoms with E-state index in [1.807, 2.05) is 30.3 Å². The zero-order chi connectivity index (χ0) is 16.2. The minimum absolute atomic E-state index is 0.483. The molecule has 3 N–H and O–H groups in total. The third-order valence-corrected chi connectivity index (χ3v) is 3.52. The first kappa shape index (κ1) is 14.1. The van der Waals surface area contributed by atoms with E-state index in [9.17, 15) is 0 Å². The van der Waals surface area contributed by atoms with Crippen molar-refractivity contribution >= 4 is 28.6 Å². The first-order valence-corrected chi connectivity index (χ1v) is 7.54. The SMILES string of the molecule is c1ccc(CNc2nc(Nc3ccncc3)nc3nc[nH]c23)cc1. The second kappa shape index (κ2) is 6.33. The largest absolute Gasteiger partial charge is 0.364 e. The minimum Gasteiger partial charge on any atom is -0.364 e. The molecule has 3 heterocycles. The summed E-state index contributed by atoms with van der Waals surface area (Å²) in [6.07, 6.45) is 5.04. The fraction of sp³-hybridized carbons (Fsp3) is 0.0588. The lowest BCUT2D eigenvalue weighted by Crippen LogP contribution is -2.05. The van der Waals surface area contributed by atoms with Crippen molar-refractivity contribution in [2.45, 2.75) is 6.54 Å². The Morgan fingerprint density at radius 1 is 0.958 bits per heavy atom. The summed E-state index contributed by atoms with van der Waals surface area (Å²) in [5.74, 6) is 1.19. The molecule has 0 saturated carbocycles. The highest BCUT2D eigenvalue weighted by molar-refractivity contribution is 5.84. The standard InChI is InChI=1S/C17H15N7/c1-2-4-12(5-3-1)10-19-15-14-16(21-11-20-14)24-17(23-15)22-13-6-8-18-9-7-13/h1-9,11H,10H2,(H3,18,19,20,21,22,23,24). The molecule has 24 heavy (non-hydrogen) atoms. The van der Waals surface area contributed by atoms with Crippen LogP contribution in [0.25, 0.3) is 11.2 Å². The van der Waals surface area contributed by atoms with Gasteiger partial charge in [-0.15, -0.1) is 0 Å². The number of pyridine rings is 1. The molecule has 0 radical (unpaired) electrons. The van der Waals surface area contributed by atoms with Crippen LogP contribution in [0.2, 0.25) is 0 Å². The summed E-state index contributed by atoms with van der Waals surface area (Å²) < 4.78 is 0. The van der Waals surface area contributed by atoms with Crippen LogP contribution in [0.3, 0.4) is 0 Å². The van der Waals surface area contributed by atoms with Gasteiger partial charge in [-0.05, 0) is 17.7 Å². The van der Waals surface area contributed by atoms with Gasteiger partial charge < -0.3 is 15.6 Å². The molecule has 0 bridgehead atoms. The van der Waals surface area contributed by atoms with E-state index in [4.69, 9.17) is 0 Å². The van der Waals surface area contributed by atoms with Gasteiger partial charge in [0.15, 0.2) is 11.5 Å². The Hall–Kier alpha value is -3.48. The summed E-state index contributed by atoms with van der Waals surface area (Å²) in [5, 5.41) is 6.51. The van der Waals surface area contributed by atoms with Crippen LogP contribution in [0.1, 0.15) is 5.56 Å². The van der Waals surface area contributed by atoms with Crippen LogP contribution in [0.5, 0.6) is 0 Å². The van der Waals surface area contributed by atoms with Crippen LogP contribution < -0.4 is 10.6 Å². The molecule has 1 aromatic carbocycles. The Morgan fingerprint density at radius 3 is 2.62 bits per heavy atom. The monoisotopic (exact) mass is 317 g/mol. The molecule has 0 aliphatic heterocycles. The number of imidazole rings is 1. The van der Waals surface area contributed by atoms with Crippen molar-refractivity contribution in [2.75, 3.05) is 10.6 Å². The topological polar surface area (TPSA) is 91.4 Å². The predicted molar refractivity (Wildman–Crippen MR) is 93.0 cm³/mol. The fourth-order valence-electron chi connectivity index (χ4n) is 2.36. The summed E-state index contributed by atoms with van der Waals surface area (Å²) in [5.41, 5.74) is 3.43. The molecule has 0 aliphatic rings. The van der Waals surface area contributed by atoms with Crippen molar-refractivity contribution < 1.29 is 0 Å². The molecule has 7 nitrogen and oxygen atoms in total. The molecular formula is C17H15N7. The smallest absolute Gasteiger partial charge is 0.231 e. The molecule has 4 aromatic rings. The van der Waals surface area contributed by atoms with E-state index in [-0.39, 0.29) is 0 Å². The van der Waals surface area contributed by atoms with Gasteiger partial charge in [0.25, 0.3) is 0 Å². The first-order valence-electron chi connectivity index (χ1n) is 7.54. The number of anilines is 3. The van der Waals surface area contributed by atoms with Crippen LogP contribution in [0, 0.1) is 0 Å². The Bertz CT molecular complexity index is 935. The van der Waals surface area contributed by atoms with Gasteiger partial charge in [0.05, 0.1) is 6.33 Å². The third-order valence-electron chi connectivity index (χ3n) is 3.52. The Kier molecular flexibility index (Phi) is 3.73. The van der Waals surface area contributed by atoms with Gasteiger partial charge in [0.1, 0.15) is 5.52 Å². The summed E-state index contributed by atoms with van der Waals surface area (Å²) in [6, 6.07) is 13.9. The van der Waals surface area contributed by atoms with E-state index in [2.05, 4.69) is 47.7 Å². The summed E-state index contributed by atoms with van der Waals surface area (Å²) in [6.45, 7) is 0.667.